The topological polar surface area (TPSA) is 114 Å². The number of benzene rings is 1. The molecule has 2 amide bonds. The van der Waals surface area contributed by atoms with E-state index in [1.807, 2.05) is 30.3 Å². The molecule has 0 aliphatic heterocycles. The molecule has 1 aromatic carbocycles. The molecule has 3 aromatic rings. The quantitative estimate of drug-likeness (QED) is 0.678. The van der Waals surface area contributed by atoms with Crippen LogP contribution < -0.4 is 5.32 Å². The Morgan fingerprint density at radius 1 is 1.15 bits per heavy atom. The van der Waals surface area contributed by atoms with Crippen molar-refractivity contribution in [1.82, 2.24) is 20.2 Å². The highest BCUT2D eigenvalue weighted by atomic mass is 16.5. The molecule has 0 atom stereocenters. The van der Waals surface area contributed by atoms with Gasteiger partial charge in [0, 0.05) is 31.5 Å². The van der Waals surface area contributed by atoms with Gasteiger partial charge in [-0.3, -0.25) is 9.59 Å². The van der Waals surface area contributed by atoms with Crippen molar-refractivity contribution in [1.29, 1.82) is 0 Å². The van der Waals surface area contributed by atoms with Crippen LogP contribution in [0, 0.1) is 6.92 Å². The first-order valence-corrected chi connectivity index (χ1v) is 8.36. The Hall–Kier alpha value is -3.49. The maximum absolute atomic E-state index is 12.2. The molecule has 0 spiro atoms. The lowest BCUT2D eigenvalue weighted by Gasteiger charge is -2.15. The number of hydrogen-bond donors (Lipinski definition) is 1. The standard InChI is InChI=1S/C18H19N5O4/c1-12-10-14(21-26-12)19-15(24)11-23(2)17(25)9-8-16-20-18(22-27-16)13-6-4-3-5-7-13/h3-7,10H,8-9,11H2,1-2H3,(H,19,21,24). The summed E-state index contributed by atoms with van der Waals surface area (Å²) in [5, 5.41) is 10.2. The molecule has 0 aliphatic carbocycles. The van der Waals surface area contributed by atoms with Crippen LogP contribution in [-0.4, -0.2) is 45.6 Å². The summed E-state index contributed by atoms with van der Waals surface area (Å²) in [5.74, 6) is 1.19. The normalized spacial score (nSPS) is 10.6. The number of hydrogen-bond acceptors (Lipinski definition) is 7. The monoisotopic (exact) mass is 369 g/mol. The first-order valence-electron chi connectivity index (χ1n) is 8.36. The van der Waals surface area contributed by atoms with E-state index in [1.54, 1.807) is 20.0 Å². The van der Waals surface area contributed by atoms with E-state index < -0.39 is 0 Å². The molecule has 0 saturated carbocycles. The summed E-state index contributed by atoms with van der Waals surface area (Å²) in [7, 11) is 1.55. The lowest BCUT2D eigenvalue weighted by atomic mass is 10.2. The summed E-state index contributed by atoms with van der Waals surface area (Å²) in [6.07, 6.45) is 0.455. The average molecular weight is 369 g/mol. The number of nitrogens with zero attached hydrogens (tertiary/aromatic N) is 4. The Kier molecular flexibility index (Phi) is 5.60. The molecule has 2 aromatic heterocycles. The molecule has 1 N–H and O–H groups in total. The lowest BCUT2D eigenvalue weighted by molar-refractivity contribution is -0.133. The molecule has 0 fully saturated rings. The van der Waals surface area contributed by atoms with Gasteiger partial charge in [0.2, 0.25) is 23.5 Å². The van der Waals surface area contributed by atoms with Gasteiger partial charge in [0.25, 0.3) is 0 Å². The van der Waals surface area contributed by atoms with Gasteiger partial charge in [-0.1, -0.05) is 40.6 Å². The molecule has 3 rings (SSSR count). The Bertz CT molecular complexity index is 919. The van der Waals surface area contributed by atoms with E-state index in [2.05, 4.69) is 20.6 Å². The van der Waals surface area contributed by atoms with Crippen molar-refractivity contribution in [2.45, 2.75) is 19.8 Å². The first-order chi connectivity index (χ1) is 13.0. The lowest BCUT2D eigenvalue weighted by Crippen LogP contribution is -2.35. The van der Waals surface area contributed by atoms with Crippen LogP contribution in [-0.2, 0) is 16.0 Å². The zero-order chi connectivity index (χ0) is 19.2. The highest BCUT2D eigenvalue weighted by Crippen LogP contribution is 2.15. The molecular formula is C18H19N5O4. The molecule has 9 heteroatoms. The third kappa shape index (κ3) is 5.00. The first kappa shape index (κ1) is 18.3. The maximum atomic E-state index is 12.2. The zero-order valence-electron chi connectivity index (χ0n) is 15.0. The predicted molar refractivity (Wildman–Crippen MR) is 95.6 cm³/mol. The number of anilines is 1. The fourth-order valence-corrected chi connectivity index (χ4v) is 2.38. The van der Waals surface area contributed by atoms with Crippen molar-refractivity contribution in [3.8, 4) is 11.4 Å². The van der Waals surface area contributed by atoms with Crippen LogP contribution in [0.5, 0.6) is 0 Å². The molecule has 2 heterocycles. The summed E-state index contributed by atoms with van der Waals surface area (Å²) < 4.78 is 10.1. The van der Waals surface area contributed by atoms with E-state index >= 15 is 0 Å². The number of carbonyl (C=O) groups is 2. The fourth-order valence-electron chi connectivity index (χ4n) is 2.38. The van der Waals surface area contributed by atoms with E-state index in [0.717, 1.165) is 5.56 Å². The van der Waals surface area contributed by atoms with Crippen LogP contribution in [0.15, 0.2) is 45.4 Å². The van der Waals surface area contributed by atoms with Crippen LogP contribution in [0.2, 0.25) is 0 Å². The Labute approximate surface area is 155 Å². The molecule has 27 heavy (non-hydrogen) atoms. The molecule has 140 valence electrons. The van der Waals surface area contributed by atoms with Crippen molar-refractivity contribution in [2.24, 2.45) is 0 Å². The second-order valence-corrected chi connectivity index (χ2v) is 6.00. The number of aromatic nitrogens is 3. The van der Waals surface area contributed by atoms with Gasteiger partial charge in [-0.05, 0) is 6.92 Å². The predicted octanol–water partition coefficient (Wildman–Crippen LogP) is 2.06. The third-order valence-electron chi connectivity index (χ3n) is 3.75. The van der Waals surface area contributed by atoms with Crippen LogP contribution in [0.4, 0.5) is 5.82 Å². The molecule has 9 nitrogen and oxygen atoms in total. The number of rotatable bonds is 7. The summed E-state index contributed by atoms with van der Waals surface area (Å²) in [5.41, 5.74) is 0.843. The van der Waals surface area contributed by atoms with E-state index in [1.165, 1.54) is 4.90 Å². The van der Waals surface area contributed by atoms with Crippen molar-refractivity contribution in [3.05, 3.63) is 48.0 Å². The van der Waals surface area contributed by atoms with Crippen molar-refractivity contribution >= 4 is 17.6 Å². The Morgan fingerprint density at radius 3 is 2.63 bits per heavy atom. The zero-order valence-corrected chi connectivity index (χ0v) is 15.0. The highest BCUT2D eigenvalue weighted by molar-refractivity contribution is 5.93. The second-order valence-electron chi connectivity index (χ2n) is 6.00. The van der Waals surface area contributed by atoms with Crippen molar-refractivity contribution < 1.29 is 18.6 Å². The minimum absolute atomic E-state index is 0.0934. The number of aryl methyl sites for hydroxylation is 2. The van der Waals surface area contributed by atoms with Crippen LogP contribution in [0.3, 0.4) is 0 Å². The van der Waals surface area contributed by atoms with Gasteiger partial charge in [-0.15, -0.1) is 0 Å². The van der Waals surface area contributed by atoms with Gasteiger partial charge in [-0.2, -0.15) is 4.98 Å². The van der Waals surface area contributed by atoms with Gasteiger partial charge in [0.05, 0.1) is 6.54 Å². The van der Waals surface area contributed by atoms with E-state index in [0.29, 0.717) is 29.7 Å². The van der Waals surface area contributed by atoms with Crippen LogP contribution >= 0.6 is 0 Å². The number of carbonyl (C=O) groups excluding carboxylic acids is 2. The third-order valence-corrected chi connectivity index (χ3v) is 3.75. The SMILES string of the molecule is Cc1cc(NC(=O)CN(C)C(=O)CCc2nc(-c3ccccc3)no2)no1. The smallest absolute Gasteiger partial charge is 0.245 e. The number of nitrogens with one attached hydrogen (secondary N) is 1. The van der Waals surface area contributed by atoms with Crippen LogP contribution in [0.25, 0.3) is 11.4 Å². The summed E-state index contributed by atoms with van der Waals surface area (Å²) in [6.45, 7) is 1.63. The van der Waals surface area contributed by atoms with E-state index in [4.69, 9.17) is 9.05 Å². The van der Waals surface area contributed by atoms with Crippen molar-refractivity contribution in [3.63, 3.8) is 0 Å². The molecule has 0 unspecified atom stereocenters. The van der Waals surface area contributed by atoms with Crippen molar-refractivity contribution in [2.75, 3.05) is 18.9 Å². The van der Waals surface area contributed by atoms with E-state index in [9.17, 15) is 9.59 Å². The molecule has 0 saturated heterocycles. The summed E-state index contributed by atoms with van der Waals surface area (Å²) >= 11 is 0. The maximum Gasteiger partial charge on any atom is 0.245 e. The highest BCUT2D eigenvalue weighted by Gasteiger charge is 2.16. The van der Waals surface area contributed by atoms with Gasteiger partial charge in [0.15, 0.2) is 5.82 Å². The van der Waals surface area contributed by atoms with Gasteiger partial charge < -0.3 is 19.3 Å². The van der Waals surface area contributed by atoms with E-state index in [-0.39, 0.29) is 24.8 Å². The van der Waals surface area contributed by atoms with Gasteiger partial charge in [0.1, 0.15) is 5.76 Å². The number of likely N-dealkylation sites (N-methyl/N-ethyl adjacent to an activating group) is 1. The molecular weight excluding hydrogens is 350 g/mol. The molecule has 0 bridgehead atoms. The summed E-state index contributed by atoms with van der Waals surface area (Å²) in [4.78, 5) is 29.8. The second kappa shape index (κ2) is 8.26. The molecule has 0 radical (unpaired) electrons. The Balaban J connectivity index is 1.47. The molecule has 0 aliphatic rings. The minimum Gasteiger partial charge on any atom is -0.360 e. The number of amides is 2. The van der Waals surface area contributed by atoms with Gasteiger partial charge >= 0.3 is 0 Å². The minimum atomic E-state index is -0.358. The summed E-state index contributed by atoms with van der Waals surface area (Å²) in [6, 6.07) is 11.0. The largest absolute Gasteiger partial charge is 0.360 e. The van der Waals surface area contributed by atoms with Gasteiger partial charge in [-0.25, -0.2) is 0 Å². The van der Waals surface area contributed by atoms with Crippen LogP contribution in [0.1, 0.15) is 18.1 Å². The fraction of sp³-hybridized carbons (Fsp3) is 0.278. The average Bonchev–Trinajstić information content (AvgIpc) is 3.29. The Morgan fingerprint density at radius 2 is 1.93 bits per heavy atom.